The summed E-state index contributed by atoms with van der Waals surface area (Å²) in [6.45, 7) is 23.2. The average Bonchev–Trinajstić information content (AvgIpc) is 3.85. The summed E-state index contributed by atoms with van der Waals surface area (Å²) in [4.78, 5) is 35.4. The molecule has 7 aliphatic rings. The molecule has 1 aromatic carbocycles. The quantitative estimate of drug-likeness (QED) is 0.202. The van der Waals surface area contributed by atoms with Crippen molar-refractivity contribution in [3.05, 3.63) is 94.5 Å². The highest BCUT2D eigenvalue weighted by Crippen LogP contribution is 2.71. The van der Waals surface area contributed by atoms with Crippen LogP contribution >= 0.6 is 0 Å². The number of rotatable bonds is 4. The van der Waals surface area contributed by atoms with Gasteiger partial charge >= 0.3 is 0 Å². The highest BCUT2D eigenvalue weighted by molar-refractivity contribution is 6.18. The molecule has 3 fully saturated rings. The number of Topliss-reactive ketones (excluding diaryl/α,β-unsaturated/α-hetero) is 1. The van der Waals surface area contributed by atoms with Gasteiger partial charge in [0.25, 0.3) is 0 Å². The lowest BCUT2D eigenvalue weighted by Gasteiger charge is -2.64. The number of likely N-dealkylation sites (tertiary alicyclic amines) is 1. The van der Waals surface area contributed by atoms with E-state index in [9.17, 15) is 19.8 Å². The minimum atomic E-state index is -0.861. The van der Waals surface area contributed by atoms with Crippen LogP contribution in [0.4, 0.5) is 0 Å². The smallest absolute Gasteiger partial charge is 0.246 e. The fraction of sp³-hybridized carbons (Fsp3) is 0.580. The summed E-state index contributed by atoms with van der Waals surface area (Å²) in [6, 6.07) is 7.83. The van der Waals surface area contributed by atoms with Gasteiger partial charge in [0, 0.05) is 64.3 Å². The first-order chi connectivity index (χ1) is 27.3. The number of aliphatic hydroxyl groups is 2. The van der Waals surface area contributed by atoms with Gasteiger partial charge in [0.05, 0.1) is 34.5 Å². The van der Waals surface area contributed by atoms with E-state index in [4.69, 9.17) is 4.74 Å². The van der Waals surface area contributed by atoms with Gasteiger partial charge in [-0.1, -0.05) is 45.1 Å². The molecule has 3 aliphatic heterocycles. The van der Waals surface area contributed by atoms with Crippen LogP contribution in [0.15, 0.2) is 60.8 Å². The maximum absolute atomic E-state index is 15.0. The summed E-state index contributed by atoms with van der Waals surface area (Å²) >= 11 is 0. The number of nitrogens with zero attached hydrogens (tertiary/aromatic N) is 3. The van der Waals surface area contributed by atoms with Crippen LogP contribution in [-0.2, 0) is 21.4 Å². The van der Waals surface area contributed by atoms with Crippen LogP contribution in [0.1, 0.15) is 150 Å². The van der Waals surface area contributed by atoms with Gasteiger partial charge < -0.3 is 24.4 Å². The number of aromatic nitrogens is 2. The maximum atomic E-state index is 15.0. The van der Waals surface area contributed by atoms with E-state index in [1.807, 2.05) is 30.2 Å². The van der Waals surface area contributed by atoms with Gasteiger partial charge in [-0.05, 0) is 144 Å². The number of hydrogen-bond acceptors (Lipinski definition) is 6. The molecule has 2 aromatic heterocycles. The molecule has 0 unspecified atom stereocenters. The third-order valence-electron chi connectivity index (χ3n) is 17.1. The van der Waals surface area contributed by atoms with Gasteiger partial charge in [-0.2, -0.15) is 0 Å². The number of pyridine rings is 1. The van der Waals surface area contributed by atoms with E-state index in [1.54, 1.807) is 6.08 Å². The number of carbonyl (C=O) groups is 2. The molecule has 0 bridgehead atoms. The fourth-order valence-corrected chi connectivity index (χ4v) is 14.5. The Bertz CT molecular complexity index is 2360. The van der Waals surface area contributed by atoms with Crippen LogP contribution in [0.25, 0.3) is 16.5 Å². The summed E-state index contributed by atoms with van der Waals surface area (Å²) < 4.78 is 8.92. The lowest BCUT2D eigenvalue weighted by molar-refractivity contribution is -0.145. The summed E-state index contributed by atoms with van der Waals surface area (Å²) in [5.74, 6) is 0.625. The van der Waals surface area contributed by atoms with Gasteiger partial charge in [0.1, 0.15) is 6.04 Å². The lowest BCUT2D eigenvalue weighted by Crippen LogP contribution is -2.62. The molecule has 5 heterocycles. The van der Waals surface area contributed by atoms with Gasteiger partial charge in [-0.3, -0.25) is 14.6 Å². The predicted octanol–water partition coefficient (Wildman–Crippen LogP) is 8.95. The number of ketones is 1. The molecule has 306 valence electrons. The Morgan fingerprint density at radius 3 is 2.45 bits per heavy atom. The molecule has 8 heteroatoms. The average molecular weight is 784 g/mol. The molecular weight excluding hydrogens is 723 g/mol. The monoisotopic (exact) mass is 783 g/mol. The topological polar surface area (TPSA) is 105 Å². The van der Waals surface area contributed by atoms with Crippen molar-refractivity contribution in [2.24, 2.45) is 28.6 Å². The van der Waals surface area contributed by atoms with Crippen molar-refractivity contribution in [2.75, 3.05) is 13.1 Å². The normalized spacial score (nSPS) is 37.0. The Balaban J connectivity index is 1.05. The molecule has 58 heavy (non-hydrogen) atoms. The molecule has 0 radical (unpaired) electrons. The number of aliphatic hydroxyl groups excluding tert-OH is 2. The number of piperidine rings is 1. The zero-order chi connectivity index (χ0) is 41.1. The summed E-state index contributed by atoms with van der Waals surface area (Å²) in [5, 5.41) is 25.4. The Kier molecular flexibility index (Phi) is 8.17. The Morgan fingerprint density at radius 2 is 1.76 bits per heavy atom. The second-order valence-corrected chi connectivity index (χ2v) is 21.0. The fourth-order valence-electron chi connectivity index (χ4n) is 14.5. The number of allylic oxidation sites excluding steroid dienone is 1. The number of ether oxygens (including phenoxy) is 1. The molecule has 8 nitrogen and oxygen atoms in total. The number of fused-ring (bicyclic) bond motifs is 11. The molecular formula is C50H61N3O5. The second kappa shape index (κ2) is 12.4. The summed E-state index contributed by atoms with van der Waals surface area (Å²) in [5.41, 5.74) is 6.66. The zero-order valence-corrected chi connectivity index (χ0v) is 35.7. The van der Waals surface area contributed by atoms with Crippen LogP contribution in [0.3, 0.4) is 0 Å². The van der Waals surface area contributed by atoms with Crippen LogP contribution in [0.5, 0.6) is 0 Å². The van der Waals surface area contributed by atoms with Crippen molar-refractivity contribution in [3.8, 4) is 0 Å². The van der Waals surface area contributed by atoms with Gasteiger partial charge in [0.2, 0.25) is 5.91 Å². The van der Waals surface area contributed by atoms with Crippen LogP contribution < -0.4 is 0 Å². The van der Waals surface area contributed by atoms with E-state index >= 15 is 0 Å². The Labute approximate surface area is 343 Å². The van der Waals surface area contributed by atoms with Gasteiger partial charge in [-0.15, -0.1) is 0 Å². The molecule has 4 aliphatic carbocycles. The lowest BCUT2D eigenvalue weighted by atomic mass is 9.40. The number of benzene rings is 1. The van der Waals surface area contributed by atoms with E-state index in [0.29, 0.717) is 36.9 Å². The second-order valence-electron chi connectivity index (χ2n) is 21.0. The first kappa shape index (κ1) is 38.4. The largest absolute Gasteiger partial charge is 0.392 e. The molecule has 0 spiro atoms. The highest BCUT2D eigenvalue weighted by atomic mass is 16.5. The standard InChI is InChI=1S/C50H61N3O5/c1-27(2)41-44(57)39-38-30(33-26-46(3,4)58-47(5,6)40(33)43(38)56)25-31-32-24-29-13-14-35-48(7,36(54)15-20-49(35,8)50(29,9)45(32)53(41)42(31)39)19-16-37(55)52-22-17-28(18-23-52)34-12-10-11-21-51-34/h10-12,16,19,21,25-26,28-29,35-36,40-41,43,54,56H,1,13-15,17-18,20,22-24H2,2-9H3/b19-16+/t29-,35-,36-,40+,41-,43+,48-,49-,50+/m0/s1. The molecule has 2 saturated carbocycles. The van der Waals surface area contributed by atoms with E-state index in [-0.39, 0.29) is 34.4 Å². The zero-order valence-electron chi connectivity index (χ0n) is 35.7. The van der Waals surface area contributed by atoms with E-state index in [1.165, 1.54) is 11.3 Å². The molecule has 3 aromatic rings. The molecule has 1 amide bonds. The van der Waals surface area contributed by atoms with E-state index in [2.05, 4.69) is 88.9 Å². The summed E-state index contributed by atoms with van der Waals surface area (Å²) in [6.07, 6.45) is 12.6. The Hall–Kier alpha value is -3.85. The van der Waals surface area contributed by atoms with Crippen molar-refractivity contribution >= 4 is 28.2 Å². The molecule has 10 rings (SSSR count). The maximum Gasteiger partial charge on any atom is 0.246 e. The molecule has 2 N–H and O–H groups in total. The number of hydrogen-bond donors (Lipinski definition) is 2. The van der Waals surface area contributed by atoms with Crippen LogP contribution in [0.2, 0.25) is 0 Å². The van der Waals surface area contributed by atoms with Gasteiger partial charge in [-0.25, -0.2) is 0 Å². The van der Waals surface area contributed by atoms with Crippen molar-refractivity contribution in [2.45, 2.75) is 141 Å². The first-order valence-electron chi connectivity index (χ1n) is 22.0. The minimum absolute atomic E-state index is 0.0217. The molecule has 1 saturated heterocycles. The van der Waals surface area contributed by atoms with Crippen LogP contribution in [0, 0.1) is 28.6 Å². The first-order valence-corrected chi connectivity index (χ1v) is 22.0. The number of amides is 1. The number of carbonyl (C=O) groups excluding carboxylic acids is 2. The highest BCUT2D eigenvalue weighted by Gasteiger charge is 2.68. The predicted molar refractivity (Wildman–Crippen MR) is 226 cm³/mol. The van der Waals surface area contributed by atoms with Crippen LogP contribution in [-0.4, -0.2) is 66.8 Å². The molecule has 9 atom stereocenters. The van der Waals surface area contributed by atoms with Crippen molar-refractivity contribution < 1.29 is 24.5 Å². The Morgan fingerprint density at radius 1 is 1.02 bits per heavy atom. The van der Waals surface area contributed by atoms with Crippen molar-refractivity contribution in [1.82, 2.24) is 14.5 Å². The van der Waals surface area contributed by atoms with Crippen molar-refractivity contribution in [1.29, 1.82) is 0 Å². The third-order valence-corrected chi connectivity index (χ3v) is 17.1. The van der Waals surface area contributed by atoms with Crippen molar-refractivity contribution in [3.63, 3.8) is 0 Å². The SMILES string of the molecule is C=C(C)[C@H]1C(=O)c2c3c(cc4c5c(n1c24)[C@@]1(C)[C@@H](CC[C@H]2[C@](C)(/C=C/C(=O)N4CCC(c6ccccn6)CC4)[C@@H](O)CC[C@@]21C)C5)C1=CC(C)(C)OC(C)(C)[C@H]1[C@@H]3O. The summed E-state index contributed by atoms with van der Waals surface area (Å²) in [7, 11) is 0. The van der Waals surface area contributed by atoms with Gasteiger partial charge in [0.15, 0.2) is 5.78 Å². The van der Waals surface area contributed by atoms with E-state index < -0.39 is 34.9 Å². The van der Waals surface area contributed by atoms with E-state index in [0.717, 1.165) is 77.4 Å². The minimum Gasteiger partial charge on any atom is -0.392 e. The third kappa shape index (κ3) is 4.88.